The van der Waals surface area contributed by atoms with Crippen molar-refractivity contribution >= 4 is 31.9 Å². The zero-order valence-corrected chi connectivity index (χ0v) is 14.4. The summed E-state index contributed by atoms with van der Waals surface area (Å²) in [5.41, 5.74) is 1.06. The van der Waals surface area contributed by atoms with Crippen molar-refractivity contribution in [3.63, 3.8) is 0 Å². The molecule has 0 radical (unpaired) electrons. The van der Waals surface area contributed by atoms with Gasteiger partial charge in [-0.1, -0.05) is 31.9 Å². The highest BCUT2D eigenvalue weighted by Crippen LogP contribution is 2.35. The van der Waals surface area contributed by atoms with Crippen molar-refractivity contribution in [1.29, 1.82) is 0 Å². The zero-order valence-electron chi connectivity index (χ0n) is 11.2. The van der Waals surface area contributed by atoms with E-state index in [1.54, 1.807) is 0 Å². The maximum absolute atomic E-state index is 6.23. The number of ether oxygens (including phenoxy) is 3. The largest absolute Gasteiger partial charge is 0.490 e. The van der Waals surface area contributed by atoms with E-state index in [-0.39, 0.29) is 11.7 Å². The number of benzene rings is 1. The predicted octanol–water partition coefficient (Wildman–Crippen LogP) is 4.06. The van der Waals surface area contributed by atoms with Crippen LogP contribution in [0.3, 0.4) is 0 Å². The van der Waals surface area contributed by atoms with E-state index in [0.29, 0.717) is 6.61 Å². The topological polar surface area (TPSA) is 27.7 Å². The smallest absolute Gasteiger partial charge is 0.123 e. The van der Waals surface area contributed by atoms with Crippen molar-refractivity contribution in [1.82, 2.24) is 0 Å². The third-order valence-corrected chi connectivity index (χ3v) is 5.07. The van der Waals surface area contributed by atoms with E-state index in [2.05, 4.69) is 37.9 Å². The highest BCUT2D eigenvalue weighted by atomic mass is 79.9. The van der Waals surface area contributed by atoms with Gasteiger partial charge in [0.1, 0.15) is 11.9 Å². The van der Waals surface area contributed by atoms with Crippen molar-refractivity contribution in [2.45, 2.75) is 36.3 Å². The maximum Gasteiger partial charge on any atom is 0.123 e. The van der Waals surface area contributed by atoms with Gasteiger partial charge < -0.3 is 14.2 Å². The SMILES string of the molecule is BrCc1cc(Br)ccc1OC1CCOC2(CCOC2)C1. The first-order valence-electron chi connectivity index (χ1n) is 6.93. The van der Waals surface area contributed by atoms with Gasteiger partial charge in [-0.05, 0) is 18.2 Å². The normalized spacial score (nSPS) is 29.8. The second-order valence-corrected chi connectivity index (χ2v) is 6.93. The molecule has 0 aromatic heterocycles. The molecule has 1 aromatic carbocycles. The summed E-state index contributed by atoms with van der Waals surface area (Å²) in [4.78, 5) is 0. The summed E-state index contributed by atoms with van der Waals surface area (Å²) >= 11 is 7.02. The Bertz CT molecular complexity index is 472. The van der Waals surface area contributed by atoms with Gasteiger partial charge in [0, 0.05) is 41.2 Å². The second-order valence-electron chi connectivity index (χ2n) is 5.45. The summed E-state index contributed by atoms with van der Waals surface area (Å²) in [7, 11) is 0. The zero-order chi connectivity index (χ0) is 14.0. The molecule has 2 fully saturated rings. The molecule has 110 valence electrons. The molecule has 0 saturated carbocycles. The van der Waals surface area contributed by atoms with Crippen LogP contribution in [0.15, 0.2) is 22.7 Å². The fraction of sp³-hybridized carbons (Fsp3) is 0.600. The monoisotopic (exact) mass is 404 g/mol. The Kier molecular flexibility index (Phi) is 4.70. The first-order chi connectivity index (χ1) is 9.71. The lowest BCUT2D eigenvalue weighted by atomic mass is 9.91. The van der Waals surface area contributed by atoms with E-state index in [9.17, 15) is 0 Å². The van der Waals surface area contributed by atoms with E-state index in [0.717, 1.165) is 48.0 Å². The number of hydrogen-bond donors (Lipinski definition) is 0. The molecule has 3 rings (SSSR count). The van der Waals surface area contributed by atoms with Crippen LogP contribution in [-0.2, 0) is 14.8 Å². The van der Waals surface area contributed by atoms with Gasteiger partial charge in [-0.3, -0.25) is 0 Å². The van der Waals surface area contributed by atoms with Crippen LogP contribution in [0.1, 0.15) is 24.8 Å². The minimum Gasteiger partial charge on any atom is -0.490 e. The molecule has 0 N–H and O–H groups in total. The number of alkyl halides is 1. The van der Waals surface area contributed by atoms with Gasteiger partial charge >= 0.3 is 0 Å². The molecule has 2 heterocycles. The molecule has 2 unspecified atom stereocenters. The Morgan fingerprint density at radius 3 is 3.00 bits per heavy atom. The fourth-order valence-corrected chi connectivity index (χ4v) is 3.74. The third kappa shape index (κ3) is 3.21. The second kappa shape index (κ2) is 6.34. The molecular weight excluding hydrogens is 388 g/mol. The quantitative estimate of drug-likeness (QED) is 0.709. The van der Waals surface area contributed by atoms with Crippen LogP contribution < -0.4 is 4.74 Å². The first kappa shape index (κ1) is 14.8. The summed E-state index contributed by atoms with van der Waals surface area (Å²) in [5.74, 6) is 0.964. The van der Waals surface area contributed by atoms with Crippen LogP contribution in [0.25, 0.3) is 0 Å². The van der Waals surface area contributed by atoms with Crippen LogP contribution in [0.2, 0.25) is 0 Å². The average molecular weight is 406 g/mol. The van der Waals surface area contributed by atoms with E-state index in [4.69, 9.17) is 14.2 Å². The van der Waals surface area contributed by atoms with E-state index in [1.165, 1.54) is 5.56 Å². The van der Waals surface area contributed by atoms with Crippen molar-refractivity contribution in [3.8, 4) is 5.75 Å². The summed E-state index contributed by atoms with van der Waals surface area (Å²) < 4.78 is 18.8. The van der Waals surface area contributed by atoms with Crippen LogP contribution in [-0.4, -0.2) is 31.5 Å². The summed E-state index contributed by atoms with van der Waals surface area (Å²) in [6.45, 7) is 2.27. The Hall–Kier alpha value is -0.100. The molecule has 0 amide bonds. The van der Waals surface area contributed by atoms with Gasteiger partial charge in [0.15, 0.2) is 0 Å². The summed E-state index contributed by atoms with van der Waals surface area (Å²) in [6, 6.07) is 6.15. The number of hydrogen-bond acceptors (Lipinski definition) is 3. The van der Waals surface area contributed by atoms with Crippen molar-refractivity contribution < 1.29 is 14.2 Å². The van der Waals surface area contributed by atoms with Gasteiger partial charge in [0.25, 0.3) is 0 Å². The van der Waals surface area contributed by atoms with E-state index >= 15 is 0 Å². The van der Waals surface area contributed by atoms with Crippen molar-refractivity contribution in [2.24, 2.45) is 0 Å². The molecule has 0 aliphatic carbocycles. The lowest BCUT2D eigenvalue weighted by Gasteiger charge is -2.37. The van der Waals surface area contributed by atoms with Crippen LogP contribution >= 0.6 is 31.9 Å². The maximum atomic E-state index is 6.23. The first-order valence-corrected chi connectivity index (χ1v) is 8.85. The number of halogens is 2. The van der Waals surface area contributed by atoms with Crippen molar-refractivity contribution in [2.75, 3.05) is 19.8 Å². The predicted molar refractivity (Wildman–Crippen MR) is 84.5 cm³/mol. The highest BCUT2D eigenvalue weighted by molar-refractivity contribution is 9.10. The molecular formula is C15H18Br2O3. The summed E-state index contributed by atoms with van der Waals surface area (Å²) in [6.07, 6.45) is 3.06. The van der Waals surface area contributed by atoms with E-state index in [1.807, 2.05) is 12.1 Å². The van der Waals surface area contributed by atoms with Gasteiger partial charge in [0.05, 0.1) is 18.8 Å². The molecule has 20 heavy (non-hydrogen) atoms. The Balaban J connectivity index is 1.71. The molecule has 2 atom stereocenters. The molecule has 2 saturated heterocycles. The molecule has 5 heteroatoms. The molecule has 2 aliphatic rings. The fourth-order valence-electron chi connectivity index (χ4n) is 2.89. The minimum atomic E-state index is -0.104. The van der Waals surface area contributed by atoms with Crippen molar-refractivity contribution in [3.05, 3.63) is 28.2 Å². The molecule has 3 nitrogen and oxygen atoms in total. The molecule has 2 aliphatic heterocycles. The minimum absolute atomic E-state index is 0.104. The standard InChI is InChI=1S/C15H18Br2O3/c16-9-11-7-12(17)1-2-14(11)20-13-3-5-19-15(8-13)4-6-18-10-15/h1-2,7,13H,3-6,8-10H2. The Labute approximate surface area is 136 Å². The van der Waals surface area contributed by atoms with Gasteiger partial charge in [-0.2, -0.15) is 0 Å². The molecule has 1 spiro atoms. The third-order valence-electron chi connectivity index (χ3n) is 3.98. The van der Waals surface area contributed by atoms with Gasteiger partial charge in [-0.15, -0.1) is 0 Å². The molecule has 0 bridgehead atoms. The number of rotatable bonds is 3. The van der Waals surface area contributed by atoms with Gasteiger partial charge in [0.2, 0.25) is 0 Å². The lowest BCUT2D eigenvalue weighted by Crippen LogP contribution is -2.44. The van der Waals surface area contributed by atoms with E-state index < -0.39 is 0 Å². The Morgan fingerprint density at radius 1 is 1.35 bits per heavy atom. The molecule has 1 aromatic rings. The average Bonchev–Trinajstić information content (AvgIpc) is 2.89. The van der Waals surface area contributed by atoms with Crippen LogP contribution in [0.4, 0.5) is 0 Å². The highest BCUT2D eigenvalue weighted by Gasteiger charge is 2.41. The Morgan fingerprint density at radius 2 is 2.25 bits per heavy atom. The van der Waals surface area contributed by atoms with Gasteiger partial charge in [-0.25, -0.2) is 0 Å². The van der Waals surface area contributed by atoms with Crippen LogP contribution in [0.5, 0.6) is 5.75 Å². The lowest BCUT2D eigenvalue weighted by molar-refractivity contribution is -0.112. The summed E-state index contributed by atoms with van der Waals surface area (Å²) in [5, 5.41) is 0.791. The van der Waals surface area contributed by atoms with Crippen LogP contribution in [0, 0.1) is 0 Å².